The van der Waals surface area contributed by atoms with E-state index in [1.807, 2.05) is 6.07 Å². The van der Waals surface area contributed by atoms with Gasteiger partial charge in [-0.05, 0) is 36.8 Å². The number of aromatic nitrogens is 1. The number of aryl methyl sites for hydroxylation is 1. The summed E-state index contributed by atoms with van der Waals surface area (Å²) in [5.41, 5.74) is 2.77. The van der Waals surface area contributed by atoms with Crippen LogP contribution in [0.2, 0.25) is 0 Å². The van der Waals surface area contributed by atoms with Crippen molar-refractivity contribution >= 4 is 22.5 Å². The Balaban J connectivity index is 1.74. The number of benzene rings is 2. The van der Waals surface area contributed by atoms with Crippen LogP contribution >= 0.6 is 0 Å². The lowest BCUT2D eigenvalue weighted by atomic mass is 10.1. The lowest BCUT2D eigenvalue weighted by Crippen LogP contribution is -2.28. The fourth-order valence-corrected chi connectivity index (χ4v) is 2.77. The van der Waals surface area contributed by atoms with Gasteiger partial charge in [0, 0.05) is 30.2 Å². The van der Waals surface area contributed by atoms with E-state index in [2.05, 4.69) is 21.7 Å². The van der Waals surface area contributed by atoms with E-state index in [-0.39, 0.29) is 11.7 Å². The predicted octanol–water partition coefficient (Wildman–Crippen LogP) is 3.40. The van der Waals surface area contributed by atoms with Crippen LogP contribution in [-0.2, 0) is 0 Å². The van der Waals surface area contributed by atoms with Crippen molar-refractivity contribution in [1.29, 1.82) is 5.26 Å². The van der Waals surface area contributed by atoms with Gasteiger partial charge in [0.15, 0.2) is 0 Å². The Morgan fingerprint density at radius 1 is 1.23 bits per heavy atom. The van der Waals surface area contributed by atoms with Crippen molar-refractivity contribution in [3.63, 3.8) is 0 Å². The largest absolute Gasteiger partial charge is 0.382 e. The lowest BCUT2D eigenvalue weighted by Gasteiger charge is -2.13. The zero-order chi connectivity index (χ0) is 18.5. The minimum atomic E-state index is -0.382. The SMILES string of the molecule is Cc1cc(F)cc2c(NCCNC(=O)c3ccccc3)c(C#N)cnc12. The Hall–Kier alpha value is -3.46. The Kier molecular flexibility index (Phi) is 5.09. The van der Waals surface area contributed by atoms with Crippen LogP contribution in [0, 0.1) is 24.1 Å². The summed E-state index contributed by atoms with van der Waals surface area (Å²) >= 11 is 0. The monoisotopic (exact) mass is 348 g/mol. The van der Waals surface area contributed by atoms with Gasteiger partial charge in [0.2, 0.25) is 0 Å². The number of nitrogens with one attached hydrogen (secondary N) is 2. The maximum atomic E-state index is 13.8. The number of nitriles is 1. The molecule has 0 unspecified atom stereocenters. The quantitative estimate of drug-likeness (QED) is 0.693. The van der Waals surface area contributed by atoms with Crippen LogP contribution in [0.3, 0.4) is 0 Å². The number of anilines is 1. The van der Waals surface area contributed by atoms with Crippen LogP contribution in [0.15, 0.2) is 48.7 Å². The molecule has 0 bridgehead atoms. The van der Waals surface area contributed by atoms with Crippen molar-refractivity contribution in [2.45, 2.75) is 6.92 Å². The Morgan fingerprint density at radius 2 is 2.00 bits per heavy atom. The molecular formula is C20H17FN4O. The smallest absolute Gasteiger partial charge is 0.251 e. The molecule has 26 heavy (non-hydrogen) atoms. The van der Waals surface area contributed by atoms with Gasteiger partial charge in [0.1, 0.15) is 11.9 Å². The first-order valence-corrected chi connectivity index (χ1v) is 8.16. The molecule has 2 aromatic carbocycles. The van der Waals surface area contributed by atoms with Gasteiger partial charge in [-0.2, -0.15) is 5.26 Å². The Labute approximate surface area is 150 Å². The van der Waals surface area contributed by atoms with E-state index >= 15 is 0 Å². The van der Waals surface area contributed by atoms with Gasteiger partial charge in [0.25, 0.3) is 5.91 Å². The zero-order valence-electron chi connectivity index (χ0n) is 14.2. The highest BCUT2D eigenvalue weighted by Crippen LogP contribution is 2.28. The van der Waals surface area contributed by atoms with Gasteiger partial charge in [0.05, 0.1) is 16.8 Å². The molecular weight excluding hydrogens is 331 g/mol. The van der Waals surface area contributed by atoms with Crippen LogP contribution < -0.4 is 10.6 Å². The van der Waals surface area contributed by atoms with E-state index in [4.69, 9.17) is 0 Å². The molecule has 1 heterocycles. The maximum Gasteiger partial charge on any atom is 0.251 e. The predicted molar refractivity (Wildman–Crippen MR) is 98.4 cm³/mol. The van der Waals surface area contributed by atoms with Gasteiger partial charge in [-0.25, -0.2) is 4.39 Å². The molecule has 0 aliphatic rings. The topological polar surface area (TPSA) is 77.8 Å². The maximum absolute atomic E-state index is 13.8. The lowest BCUT2D eigenvalue weighted by molar-refractivity contribution is 0.0955. The standard InChI is InChI=1S/C20H17FN4O/c1-13-9-16(21)10-17-18(13)25-12-15(11-22)19(17)23-7-8-24-20(26)14-5-3-2-4-6-14/h2-6,9-10,12H,7-8H2,1H3,(H,23,25)(H,24,26). The number of fused-ring (bicyclic) bond motifs is 1. The second-order valence-corrected chi connectivity index (χ2v) is 5.83. The summed E-state index contributed by atoms with van der Waals surface area (Å²) in [5.74, 6) is -0.554. The van der Waals surface area contributed by atoms with Gasteiger partial charge in [-0.3, -0.25) is 9.78 Å². The Morgan fingerprint density at radius 3 is 2.73 bits per heavy atom. The summed E-state index contributed by atoms with van der Waals surface area (Å²) in [6.07, 6.45) is 1.47. The van der Waals surface area contributed by atoms with Crippen molar-refractivity contribution < 1.29 is 9.18 Å². The molecule has 0 aliphatic carbocycles. The molecule has 0 saturated heterocycles. The number of halogens is 1. The highest BCUT2D eigenvalue weighted by Gasteiger charge is 2.12. The number of pyridine rings is 1. The van der Waals surface area contributed by atoms with Crippen LogP contribution in [-0.4, -0.2) is 24.0 Å². The summed E-state index contributed by atoms with van der Waals surface area (Å²) in [4.78, 5) is 16.3. The number of nitrogens with zero attached hydrogens (tertiary/aromatic N) is 2. The summed E-state index contributed by atoms with van der Waals surface area (Å²) in [6.45, 7) is 2.52. The first kappa shape index (κ1) is 17.4. The number of amides is 1. The van der Waals surface area contributed by atoms with E-state index in [1.165, 1.54) is 18.3 Å². The summed E-state index contributed by atoms with van der Waals surface area (Å²) in [5, 5.41) is 15.8. The van der Waals surface area contributed by atoms with Gasteiger partial charge in [-0.15, -0.1) is 0 Å². The summed E-state index contributed by atoms with van der Waals surface area (Å²) in [7, 11) is 0. The fraction of sp³-hybridized carbons (Fsp3) is 0.150. The number of rotatable bonds is 5. The molecule has 3 rings (SSSR count). The van der Waals surface area contributed by atoms with E-state index in [9.17, 15) is 14.4 Å². The molecule has 130 valence electrons. The third-order valence-corrected chi connectivity index (χ3v) is 4.00. The highest BCUT2D eigenvalue weighted by atomic mass is 19.1. The second-order valence-electron chi connectivity index (χ2n) is 5.83. The average molecular weight is 348 g/mol. The first-order chi connectivity index (χ1) is 12.6. The summed E-state index contributed by atoms with van der Waals surface area (Å²) < 4.78 is 13.8. The van der Waals surface area contributed by atoms with Crippen LogP contribution in [0.1, 0.15) is 21.5 Å². The average Bonchev–Trinajstić information content (AvgIpc) is 2.65. The van der Waals surface area contributed by atoms with Crippen molar-refractivity contribution in [1.82, 2.24) is 10.3 Å². The van der Waals surface area contributed by atoms with Crippen molar-refractivity contribution in [3.8, 4) is 6.07 Å². The second kappa shape index (κ2) is 7.62. The molecule has 3 aromatic rings. The van der Waals surface area contributed by atoms with Crippen molar-refractivity contribution in [3.05, 3.63) is 71.2 Å². The third-order valence-electron chi connectivity index (χ3n) is 4.00. The highest BCUT2D eigenvalue weighted by molar-refractivity contribution is 5.96. The number of hydrogen-bond donors (Lipinski definition) is 2. The van der Waals surface area contributed by atoms with Crippen molar-refractivity contribution in [2.75, 3.05) is 18.4 Å². The van der Waals surface area contributed by atoms with E-state index in [0.29, 0.717) is 46.4 Å². The van der Waals surface area contributed by atoms with Crippen LogP contribution in [0.5, 0.6) is 0 Å². The molecule has 0 atom stereocenters. The van der Waals surface area contributed by atoms with Gasteiger partial charge >= 0.3 is 0 Å². The van der Waals surface area contributed by atoms with E-state index in [0.717, 1.165) is 0 Å². The first-order valence-electron chi connectivity index (χ1n) is 8.16. The fourth-order valence-electron chi connectivity index (χ4n) is 2.77. The van der Waals surface area contributed by atoms with E-state index in [1.54, 1.807) is 31.2 Å². The normalized spacial score (nSPS) is 10.3. The number of carbonyl (C=O) groups excluding carboxylic acids is 1. The molecule has 2 N–H and O–H groups in total. The van der Waals surface area contributed by atoms with Crippen molar-refractivity contribution in [2.24, 2.45) is 0 Å². The number of carbonyl (C=O) groups is 1. The van der Waals surface area contributed by atoms with Crippen LogP contribution in [0.25, 0.3) is 10.9 Å². The van der Waals surface area contributed by atoms with E-state index < -0.39 is 0 Å². The molecule has 0 fully saturated rings. The van der Waals surface area contributed by atoms with Gasteiger partial charge in [-0.1, -0.05) is 18.2 Å². The summed E-state index contributed by atoms with van der Waals surface area (Å²) in [6, 6.07) is 13.7. The molecule has 0 saturated carbocycles. The minimum absolute atomic E-state index is 0.172. The molecule has 5 nitrogen and oxygen atoms in total. The molecule has 0 spiro atoms. The van der Waals surface area contributed by atoms with Crippen LogP contribution in [0.4, 0.5) is 10.1 Å². The molecule has 1 aromatic heterocycles. The molecule has 0 aliphatic heterocycles. The third kappa shape index (κ3) is 3.62. The van der Waals surface area contributed by atoms with Gasteiger partial charge < -0.3 is 10.6 Å². The zero-order valence-corrected chi connectivity index (χ0v) is 14.2. The number of hydrogen-bond acceptors (Lipinski definition) is 4. The Bertz CT molecular complexity index is 996. The molecule has 6 heteroatoms. The molecule has 0 radical (unpaired) electrons. The minimum Gasteiger partial charge on any atom is -0.382 e. The molecule has 1 amide bonds.